The molecular weight excluding hydrogens is 587 g/mol. The maximum Gasteiger partial charge on any atom is 0.148 e. The van der Waals surface area contributed by atoms with Crippen LogP contribution in [0.15, 0.2) is 81.7 Å². The number of hydrogen-bond donors (Lipinski definition) is 1. The SMILES string of the molecule is Brc1cc(CNC2CCN(Cc3ccccc3)CC2)cc(Br)c1OCc1ccccc1.Cl.Cl. The van der Waals surface area contributed by atoms with Crippen molar-refractivity contribution in [3.8, 4) is 5.75 Å². The standard InChI is InChI=1S/C26H28Br2N2O.2ClH/c27-24-15-22(16-25(28)26(24)31-19-21-9-5-2-6-10-21)17-29-23-11-13-30(14-12-23)18-20-7-3-1-4-8-20;;/h1-10,15-16,23,29H,11-14,17-19H2;2*1H. The van der Waals surface area contributed by atoms with Gasteiger partial charge in [0.25, 0.3) is 0 Å². The monoisotopic (exact) mass is 614 g/mol. The largest absolute Gasteiger partial charge is 0.487 e. The van der Waals surface area contributed by atoms with Crippen LogP contribution in [-0.2, 0) is 19.7 Å². The summed E-state index contributed by atoms with van der Waals surface area (Å²) in [5.41, 5.74) is 3.81. The van der Waals surface area contributed by atoms with E-state index in [1.807, 2.05) is 18.2 Å². The fraction of sp³-hybridized carbons (Fsp3) is 0.308. The smallest absolute Gasteiger partial charge is 0.148 e. The molecule has 0 spiro atoms. The third-order valence-electron chi connectivity index (χ3n) is 5.72. The Kier molecular flexibility index (Phi) is 12.2. The van der Waals surface area contributed by atoms with E-state index in [1.54, 1.807) is 0 Å². The highest BCUT2D eigenvalue weighted by Crippen LogP contribution is 2.35. The van der Waals surface area contributed by atoms with E-state index >= 15 is 0 Å². The second kappa shape index (κ2) is 14.3. The Bertz CT molecular complexity index is 946. The minimum absolute atomic E-state index is 0. The van der Waals surface area contributed by atoms with Gasteiger partial charge in [0, 0.05) is 19.1 Å². The Morgan fingerprint density at radius 1 is 0.788 bits per heavy atom. The number of rotatable bonds is 8. The van der Waals surface area contributed by atoms with Gasteiger partial charge in [0.2, 0.25) is 0 Å². The Hall–Kier alpha value is -1.08. The summed E-state index contributed by atoms with van der Waals surface area (Å²) in [6, 6.07) is 25.9. The van der Waals surface area contributed by atoms with Crippen LogP contribution in [0.2, 0.25) is 0 Å². The topological polar surface area (TPSA) is 24.5 Å². The molecule has 3 aromatic carbocycles. The van der Waals surface area contributed by atoms with Gasteiger partial charge < -0.3 is 10.1 Å². The second-order valence-corrected chi connectivity index (χ2v) is 9.79. The van der Waals surface area contributed by atoms with Crippen molar-refractivity contribution in [3.05, 3.63) is 98.4 Å². The van der Waals surface area contributed by atoms with Gasteiger partial charge in [0.15, 0.2) is 0 Å². The molecular formula is C26H30Br2Cl2N2O. The normalized spacial score (nSPS) is 14.2. The summed E-state index contributed by atoms with van der Waals surface area (Å²) in [4.78, 5) is 2.56. The van der Waals surface area contributed by atoms with Crippen molar-refractivity contribution in [2.24, 2.45) is 0 Å². The van der Waals surface area contributed by atoms with Crippen molar-refractivity contribution in [3.63, 3.8) is 0 Å². The van der Waals surface area contributed by atoms with E-state index in [2.05, 4.69) is 96.7 Å². The van der Waals surface area contributed by atoms with E-state index < -0.39 is 0 Å². The Morgan fingerprint density at radius 3 is 1.91 bits per heavy atom. The summed E-state index contributed by atoms with van der Waals surface area (Å²) in [5, 5.41) is 3.74. The first kappa shape index (κ1) is 28.2. The second-order valence-electron chi connectivity index (χ2n) is 8.08. The molecule has 1 fully saturated rings. The minimum Gasteiger partial charge on any atom is -0.487 e. The highest BCUT2D eigenvalue weighted by molar-refractivity contribution is 9.11. The maximum atomic E-state index is 6.04. The van der Waals surface area contributed by atoms with Crippen LogP contribution < -0.4 is 10.1 Å². The number of ether oxygens (including phenoxy) is 1. The lowest BCUT2D eigenvalue weighted by molar-refractivity contribution is 0.190. The van der Waals surface area contributed by atoms with Crippen LogP contribution in [0.3, 0.4) is 0 Å². The van der Waals surface area contributed by atoms with Crippen molar-refractivity contribution in [2.75, 3.05) is 13.1 Å². The number of halogens is 4. The van der Waals surface area contributed by atoms with Gasteiger partial charge in [-0.1, -0.05) is 60.7 Å². The molecule has 3 nitrogen and oxygen atoms in total. The van der Waals surface area contributed by atoms with Gasteiger partial charge in [-0.25, -0.2) is 0 Å². The van der Waals surface area contributed by atoms with Gasteiger partial charge in [-0.3, -0.25) is 4.90 Å². The summed E-state index contributed by atoms with van der Waals surface area (Å²) in [7, 11) is 0. The number of piperidine rings is 1. The van der Waals surface area contributed by atoms with E-state index in [9.17, 15) is 0 Å². The number of likely N-dealkylation sites (tertiary alicyclic amines) is 1. The molecule has 0 unspecified atom stereocenters. The zero-order chi connectivity index (χ0) is 21.5. The number of benzene rings is 3. The molecule has 1 N–H and O–H groups in total. The summed E-state index contributed by atoms with van der Waals surface area (Å²) >= 11 is 7.37. The van der Waals surface area contributed by atoms with Gasteiger partial charge in [-0.2, -0.15) is 0 Å². The molecule has 0 amide bonds. The molecule has 178 valence electrons. The van der Waals surface area contributed by atoms with E-state index in [4.69, 9.17) is 4.74 Å². The van der Waals surface area contributed by atoms with E-state index in [0.717, 1.165) is 46.4 Å². The molecule has 0 saturated carbocycles. The van der Waals surface area contributed by atoms with Gasteiger partial charge in [0.1, 0.15) is 12.4 Å². The Labute approximate surface area is 226 Å². The van der Waals surface area contributed by atoms with Crippen molar-refractivity contribution >= 4 is 56.7 Å². The molecule has 1 heterocycles. The zero-order valence-corrected chi connectivity index (χ0v) is 23.2. The number of hydrogen-bond acceptors (Lipinski definition) is 3. The third-order valence-corrected chi connectivity index (χ3v) is 6.89. The van der Waals surface area contributed by atoms with Crippen LogP contribution >= 0.6 is 56.7 Å². The Morgan fingerprint density at radius 2 is 1.33 bits per heavy atom. The summed E-state index contributed by atoms with van der Waals surface area (Å²) in [5.74, 6) is 0.849. The van der Waals surface area contributed by atoms with Crippen molar-refractivity contribution < 1.29 is 4.74 Å². The third kappa shape index (κ3) is 8.57. The average molecular weight is 617 g/mol. The predicted molar refractivity (Wildman–Crippen MR) is 149 cm³/mol. The first-order chi connectivity index (χ1) is 15.2. The molecule has 1 aliphatic rings. The van der Waals surface area contributed by atoms with Gasteiger partial charge >= 0.3 is 0 Å². The van der Waals surface area contributed by atoms with Gasteiger partial charge in [-0.15, -0.1) is 24.8 Å². The van der Waals surface area contributed by atoms with E-state index in [0.29, 0.717) is 12.6 Å². The quantitative estimate of drug-likeness (QED) is 0.286. The van der Waals surface area contributed by atoms with Crippen molar-refractivity contribution in [1.29, 1.82) is 0 Å². The first-order valence-corrected chi connectivity index (χ1v) is 12.4. The molecule has 4 rings (SSSR count). The van der Waals surface area contributed by atoms with Crippen LogP contribution in [0.4, 0.5) is 0 Å². The average Bonchev–Trinajstić information content (AvgIpc) is 2.79. The zero-order valence-electron chi connectivity index (χ0n) is 18.4. The van der Waals surface area contributed by atoms with E-state index in [-0.39, 0.29) is 24.8 Å². The maximum absolute atomic E-state index is 6.04. The molecule has 7 heteroatoms. The van der Waals surface area contributed by atoms with Crippen molar-refractivity contribution in [1.82, 2.24) is 10.2 Å². The molecule has 0 bridgehead atoms. The fourth-order valence-corrected chi connectivity index (χ4v) is 5.49. The molecule has 0 atom stereocenters. The molecule has 1 aliphatic heterocycles. The van der Waals surface area contributed by atoms with Gasteiger partial charge in [-0.05, 0) is 86.6 Å². The lowest BCUT2D eigenvalue weighted by Gasteiger charge is -2.32. The Balaban J connectivity index is 0.00000193. The molecule has 3 aromatic rings. The summed E-state index contributed by atoms with van der Waals surface area (Å²) < 4.78 is 8.00. The lowest BCUT2D eigenvalue weighted by Crippen LogP contribution is -2.41. The van der Waals surface area contributed by atoms with Crippen molar-refractivity contribution in [2.45, 2.75) is 38.6 Å². The fourth-order valence-electron chi connectivity index (χ4n) is 3.98. The van der Waals surface area contributed by atoms with Crippen LogP contribution in [0.25, 0.3) is 0 Å². The molecule has 33 heavy (non-hydrogen) atoms. The molecule has 0 radical (unpaired) electrons. The van der Waals surface area contributed by atoms with Crippen LogP contribution in [-0.4, -0.2) is 24.0 Å². The van der Waals surface area contributed by atoms with Crippen LogP contribution in [0, 0.1) is 0 Å². The molecule has 0 aromatic heterocycles. The van der Waals surface area contributed by atoms with Gasteiger partial charge in [0.05, 0.1) is 8.95 Å². The van der Waals surface area contributed by atoms with Crippen LogP contribution in [0.1, 0.15) is 29.5 Å². The highest BCUT2D eigenvalue weighted by Gasteiger charge is 2.19. The number of nitrogens with zero attached hydrogens (tertiary/aromatic N) is 1. The van der Waals surface area contributed by atoms with Crippen LogP contribution in [0.5, 0.6) is 5.75 Å². The minimum atomic E-state index is 0. The lowest BCUT2D eigenvalue weighted by atomic mass is 10.0. The molecule has 0 aliphatic carbocycles. The molecule has 1 saturated heterocycles. The predicted octanol–water partition coefficient (Wildman–Crippen LogP) is 7.39. The summed E-state index contributed by atoms with van der Waals surface area (Å²) in [6.45, 7) is 4.76. The highest BCUT2D eigenvalue weighted by atomic mass is 79.9. The first-order valence-electron chi connectivity index (χ1n) is 10.8. The van der Waals surface area contributed by atoms with E-state index in [1.165, 1.54) is 24.0 Å². The number of nitrogens with one attached hydrogen (secondary N) is 1. The summed E-state index contributed by atoms with van der Waals surface area (Å²) in [6.07, 6.45) is 2.38.